The number of nitrogens with zero attached hydrogens (tertiary/aromatic N) is 4. The van der Waals surface area contributed by atoms with Crippen LogP contribution in [0.25, 0.3) is 0 Å². The van der Waals surface area contributed by atoms with Crippen molar-refractivity contribution in [1.82, 2.24) is 19.9 Å². The van der Waals surface area contributed by atoms with Crippen LogP contribution in [0.2, 0.25) is 0 Å². The number of carbonyl (C=O) groups is 1. The fourth-order valence-corrected chi connectivity index (χ4v) is 3.73. The number of piperidine rings is 1. The van der Waals surface area contributed by atoms with Crippen molar-refractivity contribution in [3.63, 3.8) is 0 Å². The van der Waals surface area contributed by atoms with E-state index in [1.54, 1.807) is 11.8 Å². The highest BCUT2D eigenvalue weighted by Gasteiger charge is 2.43. The summed E-state index contributed by atoms with van der Waals surface area (Å²) in [7, 11) is 1.84. The molecule has 7 nitrogen and oxygen atoms in total. The van der Waals surface area contributed by atoms with Gasteiger partial charge in [0, 0.05) is 19.6 Å². The van der Waals surface area contributed by atoms with Crippen LogP contribution in [0.5, 0.6) is 0 Å². The van der Waals surface area contributed by atoms with Gasteiger partial charge in [-0.05, 0) is 43.9 Å². The Labute approximate surface area is 166 Å². The molecule has 0 aliphatic carbocycles. The fraction of sp³-hybridized carbons (Fsp3) is 0.571. The Hall–Kier alpha value is -2.25. The van der Waals surface area contributed by atoms with Gasteiger partial charge >= 0.3 is 0 Å². The van der Waals surface area contributed by atoms with Crippen molar-refractivity contribution in [2.75, 3.05) is 20.1 Å². The van der Waals surface area contributed by atoms with Gasteiger partial charge in [-0.25, -0.2) is 0 Å². The molecule has 0 bridgehead atoms. The maximum atomic E-state index is 13.0. The van der Waals surface area contributed by atoms with Crippen LogP contribution in [0, 0.1) is 6.92 Å². The molecule has 1 atom stereocenters. The highest BCUT2D eigenvalue weighted by Crippen LogP contribution is 2.26. The van der Waals surface area contributed by atoms with Gasteiger partial charge in [-0.2, -0.15) is 4.98 Å². The third-order valence-electron chi connectivity index (χ3n) is 5.23. The van der Waals surface area contributed by atoms with E-state index < -0.39 is 5.60 Å². The average molecular weight is 386 g/mol. The van der Waals surface area contributed by atoms with Crippen LogP contribution in [0.15, 0.2) is 28.8 Å². The first-order valence-electron chi connectivity index (χ1n) is 9.85. The minimum absolute atomic E-state index is 0.208. The number of aromatic nitrogens is 2. The maximum absolute atomic E-state index is 13.0. The Bertz CT molecular complexity index is 802. The minimum atomic E-state index is -1.39. The molecule has 0 saturated carbocycles. The third-order valence-corrected chi connectivity index (χ3v) is 5.23. The molecule has 1 N–H and O–H groups in total. The van der Waals surface area contributed by atoms with E-state index in [9.17, 15) is 9.90 Å². The molecule has 1 aromatic heterocycles. The van der Waals surface area contributed by atoms with Gasteiger partial charge in [0.1, 0.15) is 0 Å². The lowest BCUT2D eigenvalue weighted by atomic mass is 9.90. The van der Waals surface area contributed by atoms with Gasteiger partial charge in [-0.15, -0.1) is 0 Å². The quantitative estimate of drug-likeness (QED) is 0.787. The molecule has 1 aliphatic heterocycles. The summed E-state index contributed by atoms with van der Waals surface area (Å²) in [6, 6.07) is 8.36. The van der Waals surface area contributed by atoms with Gasteiger partial charge in [0.2, 0.25) is 5.89 Å². The Morgan fingerprint density at radius 3 is 2.64 bits per heavy atom. The van der Waals surface area contributed by atoms with Crippen molar-refractivity contribution in [1.29, 1.82) is 0 Å². The number of likely N-dealkylation sites (N-methyl/N-ethyl adjacent to an activating group) is 1. The van der Waals surface area contributed by atoms with E-state index in [0.29, 0.717) is 43.7 Å². The first-order chi connectivity index (χ1) is 13.3. The zero-order valence-electron chi connectivity index (χ0n) is 17.2. The topological polar surface area (TPSA) is 82.7 Å². The molecule has 1 fully saturated rings. The van der Waals surface area contributed by atoms with E-state index in [0.717, 1.165) is 12.0 Å². The van der Waals surface area contributed by atoms with E-state index in [1.807, 2.05) is 11.9 Å². The number of hydrogen-bond donors (Lipinski definition) is 1. The van der Waals surface area contributed by atoms with Crippen LogP contribution >= 0.6 is 0 Å². The standard InChI is InChI=1S/C21H30N4O3/c1-15(2)18-8-6-17(7-9-18)12-25-11-5-10-21(27,20(25)26)14-24(4)13-19-22-16(3)23-28-19/h6-9,15,27H,5,10-14H2,1-4H3/t21-/m0/s1. The van der Waals surface area contributed by atoms with Crippen molar-refractivity contribution >= 4 is 5.91 Å². The van der Waals surface area contributed by atoms with Crippen LogP contribution in [0.4, 0.5) is 0 Å². The van der Waals surface area contributed by atoms with Crippen LogP contribution in [0.1, 0.15) is 55.4 Å². The Balaban J connectivity index is 1.63. The van der Waals surface area contributed by atoms with Crippen molar-refractivity contribution < 1.29 is 14.4 Å². The van der Waals surface area contributed by atoms with E-state index in [1.165, 1.54) is 5.56 Å². The smallest absolute Gasteiger partial charge is 0.256 e. The lowest BCUT2D eigenvalue weighted by molar-refractivity contribution is -0.160. The summed E-state index contributed by atoms with van der Waals surface area (Å²) in [5, 5.41) is 14.8. The van der Waals surface area contributed by atoms with Gasteiger partial charge in [0.05, 0.1) is 6.54 Å². The van der Waals surface area contributed by atoms with Crippen molar-refractivity contribution in [3.8, 4) is 0 Å². The summed E-state index contributed by atoms with van der Waals surface area (Å²) in [6.07, 6.45) is 1.24. The van der Waals surface area contributed by atoms with Crippen molar-refractivity contribution in [3.05, 3.63) is 47.1 Å². The summed E-state index contributed by atoms with van der Waals surface area (Å²) in [5.41, 5.74) is 0.972. The van der Waals surface area contributed by atoms with Gasteiger partial charge in [-0.3, -0.25) is 9.69 Å². The fourth-order valence-electron chi connectivity index (χ4n) is 3.73. The number of benzene rings is 1. The molecule has 1 aromatic carbocycles. The lowest BCUT2D eigenvalue weighted by Gasteiger charge is -2.40. The zero-order chi connectivity index (χ0) is 20.3. The molecule has 1 amide bonds. The van der Waals surface area contributed by atoms with Gasteiger partial charge in [0.25, 0.3) is 5.91 Å². The molecular weight excluding hydrogens is 356 g/mol. The number of rotatable bonds is 7. The van der Waals surface area contributed by atoms with Gasteiger partial charge < -0.3 is 14.5 Å². The number of amides is 1. The summed E-state index contributed by atoms with van der Waals surface area (Å²) >= 11 is 0. The maximum Gasteiger partial charge on any atom is 0.256 e. The lowest BCUT2D eigenvalue weighted by Crippen LogP contribution is -2.57. The molecule has 2 heterocycles. The van der Waals surface area contributed by atoms with Crippen LogP contribution in [-0.2, 0) is 17.9 Å². The summed E-state index contributed by atoms with van der Waals surface area (Å²) in [4.78, 5) is 20.8. The van der Waals surface area contributed by atoms with Crippen molar-refractivity contribution in [2.24, 2.45) is 0 Å². The van der Waals surface area contributed by atoms with Crippen LogP contribution in [-0.4, -0.2) is 56.7 Å². The molecule has 3 rings (SSSR count). The highest BCUT2D eigenvalue weighted by molar-refractivity contribution is 5.86. The summed E-state index contributed by atoms with van der Waals surface area (Å²) in [6.45, 7) is 7.90. The number of carbonyl (C=O) groups excluding carboxylic acids is 1. The molecule has 28 heavy (non-hydrogen) atoms. The highest BCUT2D eigenvalue weighted by atomic mass is 16.5. The molecule has 152 valence electrons. The average Bonchev–Trinajstić information content (AvgIpc) is 3.04. The molecule has 0 unspecified atom stereocenters. The first-order valence-corrected chi connectivity index (χ1v) is 9.85. The number of aryl methyl sites for hydroxylation is 1. The van der Waals surface area contributed by atoms with Gasteiger partial charge in [0.15, 0.2) is 11.4 Å². The third kappa shape index (κ3) is 4.77. The Kier molecular flexibility index (Phi) is 6.15. The largest absolute Gasteiger partial charge is 0.379 e. The first kappa shape index (κ1) is 20.5. The molecular formula is C21H30N4O3. The predicted molar refractivity (Wildman–Crippen MR) is 106 cm³/mol. The van der Waals surface area contributed by atoms with Gasteiger partial charge in [-0.1, -0.05) is 43.3 Å². The second-order valence-electron chi connectivity index (χ2n) is 8.17. The second-order valence-corrected chi connectivity index (χ2v) is 8.17. The molecule has 1 aliphatic rings. The monoisotopic (exact) mass is 386 g/mol. The second kappa shape index (κ2) is 8.41. The summed E-state index contributed by atoms with van der Waals surface area (Å²) < 4.78 is 5.13. The molecule has 2 aromatic rings. The Morgan fingerprint density at radius 1 is 1.32 bits per heavy atom. The molecule has 7 heteroatoms. The van der Waals surface area contributed by atoms with Crippen LogP contribution in [0.3, 0.4) is 0 Å². The number of aliphatic hydroxyl groups is 1. The van der Waals surface area contributed by atoms with E-state index in [2.05, 4.69) is 48.3 Å². The Morgan fingerprint density at radius 2 is 2.04 bits per heavy atom. The SMILES string of the molecule is Cc1noc(CN(C)C[C@@]2(O)CCCN(Cc3ccc(C(C)C)cc3)C2=O)n1. The van der Waals surface area contributed by atoms with E-state index in [-0.39, 0.29) is 12.5 Å². The number of hydrogen-bond acceptors (Lipinski definition) is 6. The molecule has 0 radical (unpaired) electrons. The number of likely N-dealkylation sites (tertiary alicyclic amines) is 1. The summed E-state index contributed by atoms with van der Waals surface area (Å²) in [5.74, 6) is 1.33. The molecule has 0 spiro atoms. The zero-order valence-corrected chi connectivity index (χ0v) is 17.2. The van der Waals surface area contributed by atoms with E-state index >= 15 is 0 Å². The minimum Gasteiger partial charge on any atom is -0.379 e. The van der Waals surface area contributed by atoms with Crippen molar-refractivity contribution in [2.45, 2.75) is 58.2 Å². The van der Waals surface area contributed by atoms with E-state index in [4.69, 9.17) is 4.52 Å². The van der Waals surface area contributed by atoms with Crippen LogP contribution < -0.4 is 0 Å². The normalized spacial score (nSPS) is 20.4. The molecule has 1 saturated heterocycles. The predicted octanol–water partition coefficient (Wildman–Crippen LogP) is 2.49.